The lowest BCUT2D eigenvalue weighted by Crippen LogP contribution is -2.26. The van der Waals surface area contributed by atoms with Crippen LogP contribution in [0.25, 0.3) is 11.1 Å². The first kappa shape index (κ1) is 19.5. The van der Waals surface area contributed by atoms with Crippen molar-refractivity contribution in [2.75, 3.05) is 6.61 Å². The SMILES string of the molecule is CCCOc1ccc(-c2ccc(CCC3(C#N)CCCC(C)C3)cc2)cc1. The van der Waals surface area contributed by atoms with Gasteiger partial charge in [-0.2, -0.15) is 5.26 Å². The van der Waals surface area contributed by atoms with E-state index >= 15 is 0 Å². The standard InChI is InChI=1S/C25H31NO/c1-3-17-27-24-12-10-23(11-13-24)22-8-6-21(7-9-22)14-16-25(19-26)15-4-5-20(2)18-25/h6-13,20H,3-5,14-18H2,1-2H3. The van der Waals surface area contributed by atoms with Gasteiger partial charge in [0.05, 0.1) is 18.1 Å². The second kappa shape index (κ2) is 9.09. The molecule has 1 aliphatic carbocycles. The van der Waals surface area contributed by atoms with E-state index in [1.54, 1.807) is 0 Å². The van der Waals surface area contributed by atoms with E-state index in [0.29, 0.717) is 5.92 Å². The molecular formula is C25H31NO. The fourth-order valence-corrected chi connectivity index (χ4v) is 4.26. The summed E-state index contributed by atoms with van der Waals surface area (Å²) in [5.41, 5.74) is 3.65. The van der Waals surface area contributed by atoms with Gasteiger partial charge in [-0.3, -0.25) is 0 Å². The number of rotatable bonds is 7. The van der Waals surface area contributed by atoms with Gasteiger partial charge in [0.2, 0.25) is 0 Å². The fourth-order valence-electron chi connectivity index (χ4n) is 4.26. The summed E-state index contributed by atoms with van der Waals surface area (Å²) in [4.78, 5) is 0. The fraction of sp³-hybridized carbons (Fsp3) is 0.480. The van der Waals surface area contributed by atoms with Crippen molar-refractivity contribution in [3.63, 3.8) is 0 Å². The van der Waals surface area contributed by atoms with Gasteiger partial charge in [0.25, 0.3) is 0 Å². The molecule has 1 fully saturated rings. The summed E-state index contributed by atoms with van der Waals surface area (Å²) in [5, 5.41) is 9.75. The number of nitrogens with zero attached hydrogens (tertiary/aromatic N) is 1. The third-order valence-electron chi connectivity index (χ3n) is 5.84. The predicted molar refractivity (Wildman–Crippen MR) is 112 cm³/mol. The molecule has 142 valence electrons. The first-order valence-electron chi connectivity index (χ1n) is 10.4. The molecule has 0 bridgehead atoms. The molecular weight excluding hydrogens is 330 g/mol. The van der Waals surface area contributed by atoms with Crippen LogP contribution in [0.5, 0.6) is 5.75 Å². The smallest absolute Gasteiger partial charge is 0.119 e. The third-order valence-corrected chi connectivity index (χ3v) is 5.84. The van der Waals surface area contributed by atoms with Gasteiger partial charge < -0.3 is 4.74 Å². The third kappa shape index (κ3) is 5.13. The Bertz CT molecular complexity index is 756. The van der Waals surface area contributed by atoms with Crippen LogP contribution in [0.2, 0.25) is 0 Å². The van der Waals surface area contributed by atoms with Gasteiger partial charge in [-0.25, -0.2) is 0 Å². The second-order valence-electron chi connectivity index (χ2n) is 8.16. The normalized spacial score (nSPS) is 22.2. The van der Waals surface area contributed by atoms with Crippen LogP contribution in [0.15, 0.2) is 48.5 Å². The van der Waals surface area contributed by atoms with E-state index in [4.69, 9.17) is 4.74 Å². The van der Waals surface area contributed by atoms with Crippen LogP contribution >= 0.6 is 0 Å². The highest BCUT2D eigenvalue weighted by atomic mass is 16.5. The Morgan fingerprint density at radius 1 is 1.07 bits per heavy atom. The Balaban J connectivity index is 1.61. The lowest BCUT2D eigenvalue weighted by molar-refractivity contribution is 0.197. The van der Waals surface area contributed by atoms with E-state index in [1.807, 2.05) is 12.1 Å². The molecule has 0 spiro atoms. The molecule has 0 radical (unpaired) electrons. The minimum atomic E-state index is -0.106. The molecule has 2 heteroatoms. The Kier molecular flexibility index (Phi) is 6.56. The number of nitriles is 1. The maximum absolute atomic E-state index is 9.75. The summed E-state index contributed by atoms with van der Waals surface area (Å²) in [6.45, 7) is 5.17. The van der Waals surface area contributed by atoms with E-state index < -0.39 is 0 Å². The zero-order valence-corrected chi connectivity index (χ0v) is 16.7. The molecule has 0 amide bonds. The van der Waals surface area contributed by atoms with Gasteiger partial charge in [-0.1, -0.05) is 63.1 Å². The van der Waals surface area contributed by atoms with Gasteiger partial charge in [0.1, 0.15) is 5.75 Å². The number of aryl methyl sites for hydroxylation is 1. The summed E-state index contributed by atoms with van der Waals surface area (Å²) in [5.74, 6) is 1.62. The van der Waals surface area contributed by atoms with Crippen LogP contribution in [-0.2, 0) is 6.42 Å². The number of hydrogen-bond acceptors (Lipinski definition) is 2. The van der Waals surface area contributed by atoms with Crippen molar-refractivity contribution in [1.82, 2.24) is 0 Å². The molecule has 2 aromatic rings. The van der Waals surface area contributed by atoms with Crippen LogP contribution in [0.1, 0.15) is 57.9 Å². The first-order chi connectivity index (χ1) is 13.1. The van der Waals surface area contributed by atoms with Crippen LogP contribution < -0.4 is 4.74 Å². The summed E-state index contributed by atoms with van der Waals surface area (Å²) in [6.07, 6.45) is 7.61. The Morgan fingerprint density at radius 2 is 1.74 bits per heavy atom. The average molecular weight is 362 g/mol. The molecule has 2 nitrogen and oxygen atoms in total. The number of benzene rings is 2. The van der Waals surface area contributed by atoms with Crippen molar-refractivity contribution in [1.29, 1.82) is 5.26 Å². The van der Waals surface area contributed by atoms with Crippen LogP contribution in [0.3, 0.4) is 0 Å². The molecule has 1 saturated carbocycles. The van der Waals surface area contributed by atoms with Gasteiger partial charge >= 0.3 is 0 Å². The minimum absolute atomic E-state index is 0.106. The second-order valence-corrected chi connectivity index (χ2v) is 8.16. The highest BCUT2D eigenvalue weighted by molar-refractivity contribution is 5.64. The van der Waals surface area contributed by atoms with Crippen molar-refractivity contribution in [3.8, 4) is 22.9 Å². The molecule has 2 unspecified atom stereocenters. The van der Waals surface area contributed by atoms with Crippen molar-refractivity contribution >= 4 is 0 Å². The molecule has 27 heavy (non-hydrogen) atoms. The zero-order valence-electron chi connectivity index (χ0n) is 16.7. The average Bonchev–Trinajstić information content (AvgIpc) is 2.71. The lowest BCUT2D eigenvalue weighted by Gasteiger charge is -2.34. The monoisotopic (exact) mass is 361 g/mol. The summed E-state index contributed by atoms with van der Waals surface area (Å²) >= 11 is 0. The van der Waals surface area contributed by atoms with E-state index in [9.17, 15) is 5.26 Å². The largest absolute Gasteiger partial charge is 0.494 e. The topological polar surface area (TPSA) is 33.0 Å². The molecule has 3 rings (SSSR count). The Hall–Kier alpha value is -2.27. The molecule has 0 N–H and O–H groups in total. The van der Waals surface area contributed by atoms with Crippen molar-refractivity contribution in [2.24, 2.45) is 11.3 Å². The number of hydrogen-bond donors (Lipinski definition) is 0. The van der Waals surface area contributed by atoms with E-state index in [-0.39, 0.29) is 5.41 Å². The first-order valence-corrected chi connectivity index (χ1v) is 10.4. The van der Waals surface area contributed by atoms with E-state index in [0.717, 1.165) is 44.5 Å². The summed E-state index contributed by atoms with van der Waals surface area (Å²) in [6, 6.07) is 19.8. The van der Waals surface area contributed by atoms with Gasteiger partial charge in [-0.15, -0.1) is 0 Å². The molecule has 1 aliphatic rings. The van der Waals surface area contributed by atoms with Gasteiger partial charge in [0, 0.05) is 0 Å². The molecule has 0 saturated heterocycles. The van der Waals surface area contributed by atoms with Crippen molar-refractivity contribution in [2.45, 2.75) is 58.8 Å². The molecule has 2 atom stereocenters. The van der Waals surface area contributed by atoms with Crippen molar-refractivity contribution < 1.29 is 4.74 Å². The highest BCUT2D eigenvalue weighted by Gasteiger charge is 2.34. The van der Waals surface area contributed by atoms with E-state index in [1.165, 1.54) is 29.5 Å². The predicted octanol–water partition coefficient (Wildman–Crippen LogP) is 6.80. The van der Waals surface area contributed by atoms with Crippen LogP contribution in [0.4, 0.5) is 0 Å². The van der Waals surface area contributed by atoms with Gasteiger partial charge in [-0.05, 0) is 66.8 Å². The van der Waals surface area contributed by atoms with Crippen LogP contribution in [-0.4, -0.2) is 6.61 Å². The summed E-state index contributed by atoms with van der Waals surface area (Å²) in [7, 11) is 0. The van der Waals surface area contributed by atoms with Crippen molar-refractivity contribution in [3.05, 3.63) is 54.1 Å². The maximum Gasteiger partial charge on any atom is 0.119 e. The van der Waals surface area contributed by atoms with Crippen LogP contribution in [0, 0.1) is 22.7 Å². The maximum atomic E-state index is 9.75. The molecule has 0 aliphatic heterocycles. The molecule has 2 aromatic carbocycles. The highest BCUT2D eigenvalue weighted by Crippen LogP contribution is 2.42. The Labute approximate surface area is 164 Å². The number of ether oxygens (including phenoxy) is 1. The zero-order chi connectivity index (χ0) is 19.1. The molecule has 0 aromatic heterocycles. The minimum Gasteiger partial charge on any atom is -0.494 e. The lowest BCUT2D eigenvalue weighted by atomic mass is 9.68. The summed E-state index contributed by atoms with van der Waals surface area (Å²) < 4.78 is 5.66. The Morgan fingerprint density at radius 3 is 2.33 bits per heavy atom. The quantitative estimate of drug-likeness (QED) is 0.543. The van der Waals surface area contributed by atoms with Gasteiger partial charge in [0.15, 0.2) is 0 Å². The molecule has 0 heterocycles. The van der Waals surface area contributed by atoms with E-state index in [2.05, 4.69) is 56.3 Å².